The lowest BCUT2D eigenvalue weighted by Gasteiger charge is -2.07. The van der Waals surface area contributed by atoms with Crippen LogP contribution in [0, 0.1) is 0 Å². The molecule has 31 heavy (non-hydrogen) atoms. The Bertz CT molecular complexity index is 1230. The molecule has 0 aliphatic carbocycles. The molecule has 1 N–H and O–H groups in total. The van der Waals surface area contributed by atoms with Crippen molar-refractivity contribution in [1.82, 2.24) is 24.4 Å². The fourth-order valence-corrected chi connectivity index (χ4v) is 3.71. The number of ether oxygens (including phenoxy) is 2. The Morgan fingerprint density at radius 2 is 2.29 bits per heavy atom. The summed E-state index contributed by atoms with van der Waals surface area (Å²) >= 11 is 5.70. The number of aromatic nitrogens is 5. The number of alkyl halides is 1. The lowest BCUT2D eigenvalue weighted by molar-refractivity contribution is 0.102. The summed E-state index contributed by atoms with van der Waals surface area (Å²) in [5, 5.41) is 11.9. The van der Waals surface area contributed by atoms with Gasteiger partial charge in [-0.2, -0.15) is 10.2 Å². The molecule has 158 valence electrons. The van der Waals surface area contributed by atoms with E-state index in [1.165, 1.54) is 6.20 Å². The van der Waals surface area contributed by atoms with Crippen molar-refractivity contribution in [2.75, 3.05) is 24.6 Å². The van der Waals surface area contributed by atoms with Gasteiger partial charge in [0, 0.05) is 30.8 Å². The van der Waals surface area contributed by atoms with Crippen molar-refractivity contribution in [2.24, 2.45) is 0 Å². The van der Waals surface area contributed by atoms with Gasteiger partial charge in [-0.15, -0.1) is 0 Å². The maximum absolute atomic E-state index is 13.1. The van der Waals surface area contributed by atoms with Crippen LogP contribution < -0.4 is 10.1 Å². The Kier molecular flexibility index (Phi) is 5.27. The molecule has 1 atom stereocenters. The van der Waals surface area contributed by atoms with E-state index < -0.39 is 0 Å². The molecule has 1 unspecified atom stereocenters. The van der Waals surface area contributed by atoms with Crippen molar-refractivity contribution in [2.45, 2.75) is 12.5 Å². The second-order valence-corrected chi connectivity index (χ2v) is 7.29. The largest absolute Gasteiger partial charge is 0.478 e. The van der Waals surface area contributed by atoms with Crippen LogP contribution in [-0.2, 0) is 4.74 Å². The summed E-state index contributed by atoms with van der Waals surface area (Å²) < 4.78 is 14.3. The van der Waals surface area contributed by atoms with Gasteiger partial charge in [0.05, 0.1) is 24.5 Å². The molecule has 5 rings (SSSR count). The Morgan fingerprint density at radius 1 is 1.35 bits per heavy atom. The van der Waals surface area contributed by atoms with Gasteiger partial charge in [0.2, 0.25) is 0 Å². The number of hydrogen-bond acceptors (Lipinski definition) is 6. The third kappa shape index (κ3) is 3.85. The van der Waals surface area contributed by atoms with Gasteiger partial charge < -0.3 is 14.8 Å². The number of rotatable bonds is 6. The summed E-state index contributed by atoms with van der Waals surface area (Å²) in [6.07, 6.45) is 7.56. The first-order chi connectivity index (χ1) is 15.2. The summed E-state index contributed by atoms with van der Waals surface area (Å²) in [7, 11) is 0. The highest BCUT2D eigenvalue weighted by atomic mass is 35.5. The number of nitrogens with one attached hydrogen (secondary N) is 1. The van der Waals surface area contributed by atoms with E-state index in [2.05, 4.69) is 15.4 Å². The predicted octanol–water partition coefficient (Wildman–Crippen LogP) is 3.38. The SMILES string of the molecule is O=C(Nc1cn(C2CCOC2)nc1-c1cccc(OCCl)c1)c1cnn2cccnc12. The number of amides is 1. The molecule has 1 amide bonds. The van der Waals surface area contributed by atoms with Crippen LogP contribution >= 0.6 is 11.6 Å². The van der Waals surface area contributed by atoms with Crippen LogP contribution in [0.2, 0.25) is 0 Å². The molecule has 3 aromatic heterocycles. The highest BCUT2D eigenvalue weighted by Gasteiger charge is 2.23. The molecule has 10 heteroatoms. The molecule has 0 saturated carbocycles. The van der Waals surface area contributed by atoms with Crippen LogP contribution in [0.4, 0.5) is 5.69 Å². The van der Waals surface area contributed by atoms with E-state index in [1.807, 2.05) is 35.1 Å². The molecular weight excluding hydrogens is 420 g/mol. The van der Waals surface area contributed by atoms with E-state index in [1.54, 1.807) is 23.0 Å². The molecule has 1 fully saturated rings. The van der Waals surface area contributed by atoms with E-state index in [0.717, 1.165) is 12.0 Å². The van der Waals surface area contributed by atoms with Gasteiger partial charge in [-0.05, 0) is 24.6 Å². The summed E-state index contributed by atoms with van der Waals surface area (Å²) in [5.41, 5.74) is 2.87. The number of hydrogen-bond donors (Lipinski definition) is 1. The number of carbonyl (C=O) groups is 1. The molecule has 1 aliphatic heterocycles. The summed E-state index contributed by atoms with van der Waals surface area (Å²) in [4.78, 5) is 17.3. The van der Waals surface area contributed by atoms with Crippen molar-refractivity contribution in [1.29, 1.82) is 0 Å². The minimum Gasteiger partial charge on any atom is -0.478 e. The topological polar surface area (TPSA) is 95.6 Å². The van der Waals surface area contributed by atoms with Crippen LogP contribution in [0.15, 0.2) is 55.1 Å². The number of fused-ring (bicyclic) bond motifs is 1. The number of carbonyl (C=O) groups excluding carboxylic acids is 1. The van der Waals surface area contributed by atoms with E-state index in [0.29, 0.717) is 41.6 Å². The van der Waals surface area contributed by atoms with Crippen LogP contribution in [-0.4, -0.2) is 49.6 Å². The van der Waals surface area contributed by atoms with Crippen molar-refractivity contribution in [3.63, 3.8) is 0 Å². The Labute approximate surface area is 182 Å². The van der Waals surface area contributed by atoms with Gasteiger partial charge in [0.15, 0.2) is 11.7 Å². The zero-order valence-electron chi connectivity index (χ0n) is 16.4. The quantitative estimate of drug-likeness (QED) is 0.464. The fourth-order valence-electron chi connectivity index (χ4n) is 3.59. The van der Waals surface area contributed by atoms with Crippen LogP contribution in [0.25, 0.3) is 16.9 Å². The first kappa shape index (κ1) is 19.5. The molecule has 1 aliphatic rings. The molecule has 1 aromatic carbocycles. The fraction of sp³-hybridized carbons (Fsp3) is 0.238. The average molecular weight is 439 g/mol. The van der Waals surface area contributed by atoms with Crippen molar-refractivity contribution in [3.8, 4) is 17.0 Å². The Balaban J connectivity index is 1.52. The lowest BCUT2D eigenvalue weighted by atomic mass is 10.1. The minimum absolute atomic E-state index is 0.0443. The third-order valence-corrected chi connectivity index (χ3v) is 5.22. The standard InChI is InChI=1S/C21H19ClN6O3/c22-13-31-16-4-1-3-14(9-16)19-18(11-28(26-19)15-5-8-30-12-15)25-21(29)17-10-24-27-7-2-6-23-20(17)27/h1-4,6-7,9-11,15H,5,8,12-13H2,(H,25,29). The third-order valence-electron chi connectivity index (χ3n) is 5.11. The maximum atomic E-state index is 13.1. The van der Waals surface area contributed by atoms with Gasteiger partial charge >= 0.3 is 0 Å². The number of halogens is 1. The highest BCUT2D eigenvalue weighted by molar-refractivity contribution is 6.17. The molecule has 4 heterocycles. The summed E-state index contributed by atoms with van der Waals surface area (Å²) in [6.45, 7) is 1.27. The molecule has 0 spiro atoms. The first-order valence-electron chi connectivity index (χ1n) is 9.79. The Hall–Kier alpha value is -3.43. The van der Waals surface area contributed by atoms with Crippen molar-refractivity contribution in [3.05, 3.63) is 60.7 Å². The molecular formula is C21H19ClN6O3. The second kappa shape index (κ2) is 8.37. The number of benzene rings is 1. The zero-order chi connectivity index (χ0) is 21.2. The van der Waals surface area contributed by atoms with Crippen molar-refractivity contribution < 1.29 is 14.3 Å². The average Bonchev–Trinajstić information content (AvgIpc) is 3.53. The molecule has 1 saturated heterocycles. The molecule has 0 bridgehead atoms. The minimum atomic E-state index is -0.315. The lowest BCUT2D eigenvalue weighted by Crippen LogP contribution is -2.12. The summed E-state index contributed by atoms with van der Waals surface area (Å²) in [6, 6.07) is 9.33. The second-order valence-electron chi connectivity index (χ2n) is 7.07. The van der Waals surface area contributed by atoms with Gasteiger partial charge in [0.1, 0.15) is 17.0 Å². The predicted molar refractivity (Wildman–Crippen MR) is 114 cm³/mol. The van der Waals surface area contributed by atoms with E-state index >= 15 is 0 Å². The smallest absolute Gasteiger partial charge is 0.261 e. The highest BCUT2D eigenvalue weighted by Crippen LogP contribution is 2.32. The first-order valence-corrected chi connectivity index (χ1v) is 10.3. The molecule has 9 nitrogen and oxygen atoms in total. The van der Waals surface area contributed by atoms with E-state index in [-0.39, 0.29) is 18.0 Å². The normalized spacial score (nSPS) is 16.0. The van der Waals surface area contributed by atoms with Crippen molar-refractivity contribution >= 4 is 28.8 Å². The van der Waals surface area contributed by atoms with Crippen LogP contribution in [0.5, 0.6) is 5.75 Å². The van der Waals surface area contributed by atoms with E-state index in [4.69, 9.17) is 26.2 Å². The summed E-state index contributed by atoms with van der Waals surface area (Å²) in [5.74, 6) is 0.306. The van der Waals surface area contributed by atoms with Gasteiger partial charge in [-0.25, -0.2) is 9.50 Å². The van der Waals surface area contributed by atoms with E-state index in [9.17, 15) is 4.79 Å². The number of nitrogens with zero attached hydrogens (tertiary/aromatic N) is 5. The molecule has 4 aromatic rings. The maximum Gasteiger partial charge on any atom is 0.261 e. The Morgan fingerprint density at radius 3 is 3.13 bits per heavy atom. The monoisotopic (exact) mass is 438 g/mol. The van der Waals surface area contributed by atoms with Crippen LogP contribution in [0.1, 0.15) is 22.8 Å². The zero-order valence-corrected chi connectivity index (χ0v) is 17.2. The van der Waals surface area contributed by atoms with Gasteiger partial charge in [-0.3, -0.25) is 9.48 Å². The van der Waals surface area contributed by atoms with Crippen LogP contribution in [0.3, 0.4) is 0 Å². The molecule has 0 radical (unpaired) electrons. The van der Waals surface area contributed by atoms with Gasteiger partial charge in [-0.1, -0.05) is 23.7 Å². The van der Waals surface area contributed by atoms with Gasteiger partial charge in [0.25, 0.3) is 5.91 Å². The number of anilines is 1.